The number of furan rings is 1. The molecule has 0 unspecified atom stereocenters. The molecule has 30 heavy (non-hydrogen) atoms. The zero-order chi connectivity index (χ0) is 21.1. The number of anilines is 2. The lowest BCUT2D eigenvalue weighted by atomic mass is 10.2. The van der Waals surface area contributed by atoms with Crippen molar-refractivity contribution in [3.63, 3.8) is 0 Å². The van der Waals surface area contributed by atoms with Crippen LogP contribution < -0.4 is 9.62 Å². The third kappa shape index (κ3) is 3.92. The quantitative estimate of drug-likeness (QED) is 0.444. The fourth-order valence-corrected chi connectivity index (χ4v) is 4.26. The third-order valence-electron chi connectivity index (χ3n) is 4.79. The van der Waals surface area contributed by atoms with Gasteiger partial charge in [-0.25, -0.2) is 8.42 Å². The van der Waals surface area contributed by atoms with E-state index in [1.54, 1.807) is 42.5 Å². The molecule has 0 amide bonds. The minimum absolute atomic E-state index is 0.0375. The molecular formula is C23H20N2O4S. The normalized spacial score (nSPS) is 11.4. The van der Waals surface area contributed by atoms with Crippen molar-refractivity contribution in [1.29, 1.82) is 0 Å². The summed E-state index contributed by atoms with van der Waals surface area (Å²) in [6, 6.07) is 24.3. The van der Waals surface area contributed by atoms with Crippen LogP contribution in [0.15, 0.2) is 94.2 Å². The molecule has 0 fully saturated rings. The number of para-hydroxylation sites is 2. The fraction of sp³-hybridized carbons (Fsp3) is 0.0870. The predicted molar refractivity (Wildman–Crippen MR) is 118 cm³/mol. The van der Waals surface area contributed by atoms with Crippen LogP contribution in [0.4, 0.5) is 11.4 Å². The number of sulfonamides is 1. The van der Waals surface area contributed by atoms with Gasteiger partial charge < -0.3 is 9.73 Å². The fourth-order valence-electron chi connectivity index (χ4n) is 3.07. The van der Waals surface area contributed by atoms with Gasteiger partial charge >= 0.3 is 0 Å². The SMILES string of the molecule is CN(c1ccccc1)S(=O)(=O)c1ccc(NCC(=O)c2cc3ccccc3o2)cc1. The molecule has 0 aliphatic carbocycles. The van der Waals surface area contributed by atoms with Crippen LogP contribution in [0.5, 0.6) is 0 Å². The summed E-state index contributed by atoms with van der Waals surface area (Å²) >= 11 is 0. The molecule has 4 rings (SSSR count). The molecule has 0 radical (unpaired) electrons. The molecule has 0 saturated heterocycles. The molecule has 4 aromatic rings. The highest BCUT2D eigenvalue weighted by Gasteiger charge is 2.21. The standard InChI is InChI=1S/C23H20N2O4S/c1-25(19-8-3-2-4-9-19)30(27,28)20-13-11-18(12-14-20)24-16-21(26)23-15-17-7-5-6-10-22(17)29-23/h2-15,24H,16H2,1H3. The Labute approximate surface area is 174 Å². The third-order valence-corrected chi connectivity index (χ3v) is 6.59. The van der Waals surface area contributed by atoms with E-state index < -0.39 is 10.0 Å². The highest BCUT2D eigenvalue weighted by Crippen LogP contribution is 2.23. The summed E-state index contributed by atoms with van der Waals surface area (Å²) in [5.74, 6) is 0.0964. The molecule has 7 heteroatoms. The highest BCUT2D eigenvalue weighted by molar-refractivity contribution is 7.92. The number of benzene rings is 3. The topological polar surface area (TPSA) is 79.6 Å². The monoisotopic (exact) mass is 420 g/mol. The van der Waals surface area contributed by atoms with Crippen LogP contribution in [0.25, 0.3) is 11.0 Å². The van der Waals surface area contributed by atoms with Crippen molar-refractivity contribution in [1.82, 2.24) is 0 Å². The Bertz CT molecular complexity index is 1250. The number of hydrogen-bond donors (Lipinski definition) is 1. The number of hydrogen-bond acceptors (Lipinski definition) is 5. The highest BCUT2D eigenvalue weighted by atomic mass is 32.2. The summed E-state index contributed by atoms with van der Waals surface area (Å²) in [5, 5.41) is 3.88. The van der Waals surface area contributed by atoms with Gasteiger partial charge in [0.2, 0.25) is 5.78 Å². The van der Waals surface area contributed by atoms with Crippen molar-refractivity contribution in [3.05, 3.63) is 90.7 Å². The summed E-state index contributed by atoms with van der Waals surface area (Å²) in [7, 11) is -2.16. The number of carbonyl (C=O) groups is 1. The van der Waals surface area contributed by atoms with E-state index in [9.17, 15) is 13.2 Å². The second-order valence-corrected chi connectivity index (χ2v) is 8.73. The minimum atomic E-state index is -3.67. The van der Waals surface area contributed by atoms with Crippen molar-refractivity contribution < 1.29 is 17.6 Å². The number of fused-ring (bicyclic) bond motifs is 1. The van der Waals surface area contributed by atoms with Gasteiger partial charge in [-0.1, -0.05) is 36.4 Å². The van der Waals surface area contributed by atoms with Crippen LogP contribution >= 0.6 is 0 Å². The van der Waals surface area contributed by atoms with Crippen molar-refractivity contribution in [2.75, 3.05) is 23.2 Å². The van der Waals surface area contributed by atoms with E-state index in [-0.39, 0.29) is 23.0 Å². The molecule has 0 bridgehead atoms. The van der Waals surface area contributed by atoms with Gasteiger partial charge in [-0.2, -0.15) is 0 Å². The molecule has 1 aromatic heterocycles. The number of carbonyl (C=O) groups excluding carboxylic acids is 1. The van der Waals surface area contributed by atoms with Crippen LogP contribution in [0.2, 0.25) is 0 Å². The second-order valence-electron chi connectivity index (χ2n) is 6.76. The number of Topliss-reactive ketones (excluding diaryl/α,β-unsaturated/α-hetero) is 1. The van der Waals surface area contributed by atoms with E-state index in [1.807, 2.05) is 30.3 Å². The van der Waals surface area contributed by atoms with Gasteiger partial charge in [-0.05, 0) is 48.5 Å². The van der Waals surface area contributed by atoms with Gasteiger partial charge in [0.05, 0.1) is 17.1 Å². The average Bonchev–Trinajstić information content (AvgIpc) is 3.22. The molecule has 1 heterocycles. The predicted octanol–water partition coefficient (Wildman–Crippen LogP) is 4.55. The van der Waals surface area contributed by atoms with Crippen LogP contribution in [-0.4, -0.2) is 27.8 Å². The molecule has 1 N–H and O–H groups in total. The Hall–Kier alpha value is -3.58. The smallest absolute Gasteiger partial charge is 0.264 e. The molecule has 0 atom stereocenters. The largest absolute Gasteiger partial charge is 0.453 e. The van der Waals surface area contributed by atoms with Gasteiger partial charge in [0.25, 0.3) is 10.0 Å². The van der Waals surface area contributed by atoms with Crippen LogP contribution in [-0.2, 0) is 10.0 Å². The van der Waals surface area contributed by atoms with E-state index in [0.29, 0.717) is 17.0 Å². The van der Waals surface area contributed by atoms with Crippen LogP contribution in [0, 0.1) is 0 Å². The first-order chi connectivity index (χ1) is 14.4. The number of rotatable bonds is 7. The Morgan fingerprint density at radius 3 is 2.30 bits per heavy atom. The summed E-state index contributed by atoms with van der Waals surface area (Å²) < 4.78 is 32.5. The zero-order valence-corrected chi connectivity index (χ0v) is 17.1. The molecule has 0 aliphatic rings. The Kier molecular flexibility index (Phi) is 5.29. The molecule has 3 aromatic carbocycles. The lowest BCUT2D eigenvalue weighted by Gasteiger charge is -2.19. The van der Waals surface area contributed by atoms with Crippen molar-refractivity contribution in [3.8, 4) is 0 Å². The van der Waals surface area contributed by atoms with E-state index in [4.69, 9.17) is 4.42 Å². The lowest BCUT2D eigenvalue weighted by Crippen LogP contribution is -2.26. The van der Waals surface area contributed by atoms with Gasteiger partial charge in [0.15, 0.2) is 5.76 Å². The van der Waals surface area contributed by atoms with Crippen molar-refractivity contribution >= 4 is 38.2 Å². The van der Waals surface area contributed by atoms with Crippen molar-refractivity contribution in [2.45, 2.75) is 4.90 Å². The second kappa shape index (κ2) is 8.04. The first kappa shape index (κ1) is 19.7. The van der Waals surface area contributed by atoms with E-state index in [0.717, 1.165) is 5.39 Å². The van der Waals surface area contributed by atoms with E-state index in [1.165, 1.54) is 23.5 Å². The van der Waals surface area contributed by atoms with Gasteiger partial charge in [-0.3, -0.25) is 9.10 Å². The van der Waals surface area contributed by atoms with Gasteiger partial charge in [0.1, 0.15) is 5.58 Å². The van der Waals surface area contributed by atoms with Gasteiger partial charge in [-0.15, -0.1) is 0 Å². The average molecular weight is 420 g/mol. The molecule has 6 nitrogen and oxygen atoms in total. The Morgan fingerprint density at radius 1 is 0.933 bits per heavy atom. The summed E-state index contributed by atoms with van der Waals surface area (Å²) in [4.78, 5) is 12.6. The molecule has 0 aliphatic heterocycles. The first-order valence-electron chi connectivity index (χ1n) is 9.35. The van der Waals surface area contributed by atoms with E-state index >= 15 is 0 Å². The minimum Gasteiger partial charge on any atom is -0.453 e. The van der Waals surface area contributed by atoms with Crippen LogP contribution in [0.3, 0.4) is 0 Å². The summed E-state index contributed by atoms with van der Waals surface area (Å²) in [6.07, 6.45) is 0. The summed E-state index contributed by atoms with van der Waals surface area (Å²) in [5.41, 5.74) is 1.88. The van der Waals surface area contributed by atoms with Gasteiger partial charge in [0, 0.05) is 18.1 Å². The van der Waals surface area contributed by atoms with Crippen molar-refractivity contribution in [2.24, 2.45) is 0 Å². The maximum absolute atomic E-state index is 12.8. The molecule has 0 saturated carbocycles. The Morgan fingerprint density at radius 2 is 1.60 bits per heavy atom. The maximum Gasteiger partial charge on any atom is 0.264 e. The summed E-state index contributed by atoms with van der Waals surface area (Å²) in [6.45, 7) is 0.0375. The molecular weight excluding hydrogens is 400 g/mol. The number of ketones is 1. The Balaban J connectivity index is 1.44. The number of nitrogens with zero attached hydrogens (tertiary/aromatic N) is 1. The molecule has 152 valence electrons. The molecule has 0 spiro atoms. The first-order valence-corrected chi connectivity index (χ1v) is 10.8. The van der Waals surface area contributed by atoms with Crippen LogP contribution in [0.1, 0.15) is 10.6 Å². The number of nitrogens with one attached hydrogen (secondary N) is 1. The maximum atomic E-state index is 12.8. The zero-order valence-electron chi connectivity index (χ0n) is 16.3. The lowest BCUT2D eigenvalue weighted by molar-refractivity contribution is 0.0982. The van der Waals surface area contributed by atoms with E-state index in [2.05, 4.69) is 5.32 Å².